The van der Waals surface area contributed by atoms with Gasteiger partial charge in [0.1, 0.15) is 0 Å². The van der Waals surface area contributed by atoms with E-state index < -0.39 is 11.0 Å². The van der Waals surface area contributed by atoms with Crippen LogP contribution in [0.1, 0.15) is 20.3 Å². The molecule has 1 fully saturated rings. The van der Waals surface area contributed by atoms with Gasteiger partial charge in [0.15, 0.2) is 6.04 Å². The standard InChI is InChI=1S/C14H17N3O4/c1-3-15(4-2)12-9-13(18)16(14(12)19)10-6-5-7-11(8-10)17(20)21/h5-8,12H,3-4,9H2,1-2H3/p+1/t12-/m0/s1. The van der Waals surface area contributed by atoms with Crippen molar-refractivity contribution in [2.45, 2.75) is 26.3 Å². The maximum atomic E-state index is 12.5. The smallest absolute Gasteiger partial charge is 0.292 e. The maximum absolute atomic E-state index is 12.5. The number of nitro groups is 1. The van der Waals surface area contributed by atoms with Crippen LogP contribution in [-0.4, -0.2) is 35.9 Å². The minimum Gasteiger partial charge on any atom is -0.325 e. The molecule has 1 atom stereocenters. The molecule has 7 heteroatoms. The zero-order valence-electron chi connectivity index (χ0n) is 12.0. The van der Waals surface area contributed by atoms with Crippen LogP contribution in [0.4, 0.5) is 11.4 Å². The van der Waals surface area contributed by atoms with Crippen molar-refractivity contribution >= 4 is 23.2 Å². The van der Waals surface area contributed by atoms with Crippen LogP contribution in [0.15, 0.2) is 24.3 Å². The van der Waals surface area contributed by atoms with Gasteiger partial charge in [-0.3, -0.25) is 19.7 Å². The highest BCUT2D eigenvalue weighted by molar-refractivity contribution is 6.22. The van der Waals surface area contributed by atoms with E-state index in [1.54, 1.807) is 6.07 Å². The normalized spacial score (nSPS) is 18.6. The number of nitro benzene ring substituents is 1. The monoisotopic (exact) mass is 292 g/mol. The van der Waals surface area contributed by atoms with Crippen LogP contribution in [0.25, 0.3) is 0 Å². The first-order valence-electron chi connectivity index (χ1n) is 6.95. The van der Waals surface area contributed by atoms with Gasteiger partial charge in [0.05, 0.1) is 30.1 Å². The van der Waals surface area contributed by atoms with Gasteiger partial charge in [0.25, 0.3) is 11.6 Å². The van der Waals surface area contributed by atoms with Gasteiger partial charge in [-0.15, -0.1) is 0 Å². The molecule has 2 rings (SSSR count). The van der Waals surface area contributed by atoms with Crippen LogP contribution < -0.4 is 9.80 Å². The van der Waals surface area contributed by atoms with Crippen LogP contribution >= 0.6 is 0 Å². The number of non-ortho nitro benzene ring substituents is 1. The predicted octanol–water partition coefficient (Wildman–Crippen LogP) is 0.151. The number of quaternary nitrogens is 1. The van der Waals surface area contributed by atoms with E-state index in [-0.39, 0.29) is 29.6 Å². The minimum absolute atomic E-state index is 0.133. The lowest BCUT2D eigenvalue weighted by Gasteiger charge is -2.21. The first-order valence-corrected chi connectivity index (χ1v) is 6.95. The molecule has 1 aliphatic heterocycles. The fourth-order valence-electron chi connectivity index (χ4n) is 2.71. The Hall–Kier alpha value is -2.28. The summed E-state index contributed by atoms with van der Waals surface area (Å²) in [4.78, 5) is 37.0. The summed E-state index contributed by atoms with van der Waals surface area (Å²) in [7, 11) is 0. The Kier molecular flexibility index (Phi) is 4.32. The van der Waals surface area contributed by atoms with Crippen molar-refractivity contribution in [1.82, 2.24) is 0 Å². The quantitative estimate of drug-likeness (QED) is 0.475. The molecule has 2 amide bonds. The van der Waals surface area contributed by atoms with Crippen LogP contribution in [-0.2, 0) is 9.59 Å². The predicted molar refractivity (Wildman–Crippen MR) is 76.0 cm³/mol. The molecule has 0 saturated carbocycles. The molecule has 1 aromatic carbocycles. The van der Waals surface area contributed by atoms with Gasteiger partial charge in [-0.1, -0.05) is 6.07 Å². The van der Waals surface area contributed by atoms with E-state index in [0.717, 1.165) is 22.9 Å². The molecule has 1 aromatic rings. The zero-order chi connectivity index (χ0) is 15.6. The average Bonchev–Trinajstić information content (AvgIpc) is 2.76. The van der Waals surface area contributed by atoms with Crippen molar-refractivity contribution in [3.63, 3.8) is 0 Å². The van der Waals surface area contributed by atoms with E-state index in [9.17, 15) is 19.7 Å². The molecular formula is C14H18N3O4+. The number of amides is 2. The lowest BCUT2D eigenvalue weighted by molar-refractivity contribution is -0.911. The number of nitrogens with one attached hydrogen (secondary N) is 1. The van der Waals surface area contributed by atoms with Crippen LogP contribution in [0.5, 0.6) is 0 Å². The summed E-state index contributed by atoms with van der Waals surface area (Å²) in [6, 6.07) is 5.22. The molecule has 1 heterocycles. The van der Waals surface area contributed by atoms with Crippen LogP contribution in [0, 0.1) is 10.1 Å². The molecule has 1 aliphatic rings. The fraction of sp³-hybridized carbons (Fsp3) is 0.429. The van der Waals surface area contributed by atoms with Gasteiger partial charge in [0, 0.05) is 12.1 Å². The summed E-state index contributed by atoms with van der Waals surface area (Å²) in [5.74, 6) is -0.580. The molecule has 0 spiro atoms. The molecule has 112 valence electrons. The number of carbonyl (C=O) groups excluding carboxylic acids is 2. The Balaban J connectivity index is 2.32. The van der Waals surface area contributed by atoms with Crippen molar-refractivity contribution in [2.24, 2.45) is 0 Å². The van der Waals surface area contributed by atoms with E-state index in [4.69, 9.17) is 0 Å². The Labute approximate surface area is 122 Å². The minimum atomic E-state index is -0.540. The number of carbonyl (C=O) groups is 2. The topological polar surface area (TPSA) is 85.0 Å². The summed E-state index contributed by atoms with van der Waals surface area (Å²) in [5, 5.41) is 10.8. The Morgan fingerprint density at radius 1 is 1.33 bits per heavy atom. The molecule has 1 saturated heterocycles. The second-order valence-electron chi connectivity index (χ2n) is 4.97. The molecule has 0 aromatic heterocycles. The SMILES string of the molecule is CC[NH+](CC)[C@H]1CC(=O)N(c2cccc([N+](=O)[O-])c2)C1=O. The largest absolute Gasteiger partial charge is 0.325 e. The molecule has 0 bridgehead atoms. The van der Waals surface area contributed by atoms with E-state index in [0.29, 0.717) is 0 Å². The number of likely N-dealkylation sites (N-methyl/N-ethyl adjacent to an activating group) is 1. The van der Waals surface area contributed by atoms with Crippen molar-refractivity contribution in [1.29, 1.82) is 0 Å². The van der Waals surface area contributed by atoms with E-state index >= 15 is 0 Å². The van der Waals surface area contributed by atoms with Crippen LogP contribution in [0.3, 0.4) is 0 Å². The van der Waals surface area contributed by atoms with Gasteiger partial charge in [-0.05, 0) is 19.9 Å². The number of hydrogen-bond acceptors (Lipinski definition) is 4. The maximum Gasteiger partial charge on any atom is 0.292 e. The zero-order valence-corrected chi connectivity index (χ0v) is 12.0. The lowest BCUT2D eigenvalue weighted by Crippen LogP contribution is -3.16. The number of anilines is 1. The summed E-state index contributed by atoms with van der Waals surface area (Å²) in [5.41, 5.74) is 0.139. The van der Waals surface area contributed by atoms with E-state index in [1.165, 1.54) is 18.2 Å². The van der Waals surface area contributed by atoms with Gasteiger partial charge >= 0.3 is 0 Å². The van der Waals surface area contributed by atoms with Gasteiger partial charge in [-0.2, -0.15) is 0 Å². The average molecular weight is 292 g/mol. The number of hydrogen-bond donors (Lipinski definition) is 1. The summed E-state index contributed by atoms with van der Waals surface area (Å²) in [6.45, 7) is 5.44. The first-order chi connectivity index (χ1) is 9.99. The van der Waals surface area contributed by atoms with E-state index in [1.807, 2.05) is 13.8 Å². The summed E-state index contributed by atoms with van der Waals surface area (Å²) >= 11 is 0. The highest BCUT2D eigenvalue weighted by atomic mass is 16.6. The van der Waals surface area contributed by atoms with Crippen LogP contribution in [0.2, 0.25) is 0 Å². The highest BCUT2D eigenvalue weighted by Crippen LogP contribution is 2.25. The molecule has 0 aliphatic carbocycles. The Bertz CT molecular complexity index is 583. The molecule has 0 unspecified atom stereocenters. The van der Waals surface area contributed by atoms with Crippen molar-refractivity contribution in [3.8, 4) is 0 Å². The third kappa shape index (κ3) is 2.78. The van der Waals surface area contributed by atoms with Crippen molar-refractivity contribution in [3.05, 3.63) is 34.4 Å². The number of nitrogens with zero attached hydrogens (tertiary/aromatic N) is 2. The molecule has 0 radical (unpaired) electrons. The van der Waals surface area contributed by atoms with Gasteiger partial charge in [-0.25, -0.2) is 4.90 Å². The van der Waals surface area contributed by atoms with Crippen molar-refractivity contribution < 1.29 is 19.4 Å². The molecule has 21 heavy (non-hydrogen) atoms. The summed E-state index contributed by atoms with van der Waals surface area (Å²) < 4.78 is 0. The van der Waals surface area contributed by atoms with Gasteiger partial charge in [0.2, 0.25) is 5.91 Å². The number of rotatable bonds is 5. The second-order valence-corrected chi connectivity index (χ2v) is 4.97. The van der Waals surface area contributed by atoms with E-state index in [2.05, 4.69) is 0 Å². The Morgan fingerprint density at radius 3 is 2.57 bits per heavy atom. The fourth-order valence-corrected chi connectivity index (χ4v) is 2.71. The number of imide groups is 1. The molecule has 7 nitrogen and oxygen atoms in total. The lowest BCUT2D eigenvalue weighted by atomic mass is 10.2. The molecule has 1 N–H and O–H groups in total. The summed E-state index contributed by atoms with van der Waals surface area (Å²) in [6.07, 6.45) is 0.151. The molecular weight excluding hydrogens is 274 g/mol. The second kappa shape index (κ2) is 6.01. The first kappa shape index (κ1) is 15.1. The third-order valence-electron chi connectivity index (χ3n) is 3.85. The Morgan fingerprint density at radius 2 is 2.00 bits per heavy atom. The highest BCUT2D eigenvalue weighted by Gasteiger charge is 2.45. The van der Waals surface area contributed by atoms with Crippen molar-refractivity contribution in [2.75, 3.05) is 18.0 Å². The van der Waals surface area contributed by atoms with Gasteiger partial charge < -0.3 is 4.90 Å². The number of benzene rings is 1. The third-order valence-corrected chi connectivity index (χ3v) is 3.85.